The predicted octanol–water partition coefficient (Wildman–Crippen LogP) is 2.93. The predicted molar refractivity (Wildman–Crippen MR) is 74.0 cm³/mol. The van der Waals surface area contributed by atoms with Crippen molar-refractivity contribution >= 4 is 11.7 Å². The summed E-state index contributed by atoms with van der Waals surface area (Å²) in [6.45, 7) is -0.372. The largest absolute Gasteiger partial charge is 0.482 e. The molecule has 0 bridgehead atoms. The van der Waals surface area contributed by atoms with Crippen LogP contribution in [0.15, 0.2) is 24.3 Å². The van der Waals surface area contributed by atoms with Gasteiger partial charge >= 0.3 is 12.2 Å². The van der Waals surface area contributed by atoms with E-state index >= 15 is 0 Å². The van der Waals surface area contributed by atoms with Gasteiger partial charge in [0.05, 0.1) is 11.8 Å². The lowest BCUT2D eigenvalue weighted by Crippen LogP contribution is -2.35. The van der Waals surface area contributed by atoms with Crippen LogP contribution in [0.3, 0.4) is 0 Å². The van der Waals surface area contributed by atoms with Crippen molar-refractivity contribution in [1.82, 2.24) is 5.32 Å². The van der Waals surface area contributed by atoms with E-state index in [1.165, 1.54) is 18.2 Å². The second kappa shape index (κ2) is 7.35. The quantitative estimate of drug-likeness (QED) is 0.877. The van der Waals surface area contributed by atoms with Crippen LogP contribution in [0.4, 0.5) is 23.7 Å². The van der Waals surface area contributed by atoms with E-state index in [9.17, 15) is 18.0 Å². The Labute approximate surface area is 125 Å². The highest BCUT2D eigenvalue weighted by molar-refractivity contribution is 5.90. The normalized spacial score (nSPS) is 18.0. The van der Waals surface area contributed by atoms with Crippen molar-refractivity contribution in [3.63, 3.8) is 0 Å². The Hall–Kier alpha value is -1.96. The summed E-state index contributed by atoms with van der Waals surface area (Å²) in [4.78, 5) is 11.8. The molecule has 1 unspecified atom stereocenters. The number of amides is 2. The van der Waals surface area contributed by atoms with Crippen LogP contribution in [0.1, 0.15) is 12.8 Å². The summed E-state index contributed by atoms with van der Waals surface area (Å²) in [5, 5.41) is 5.09. The number of rotatable bonds is 5. The molecular formula is C14H17F3N2O3. The summed E-state index contributed by atoms with van der Waals surface area (Å²) < 4.78 is 46.6. The molecule has 1 atom stereocenters. The van der Waals surface area contributed by atoms with Crippen molar-refractivity contribution in [2.45, 2.75) is 25.1 Å². The summed E-state index contributed by atoms with van der Waals surface area (Å²) in [7, 11) is 0. The zero-order chi connectivity index (χ0) is 16.0. The first-order valence-corrected chi connectivity index (χ1v) is 6.89. The fourth-order valence-electron chi connectivity index (χ4n) is 2.03. The van der Waals surface area contributed by atoms with Crippen molar-refractivity contribution in [3.8, 4) is 5.75 Å². The first kappa shape index (κ1) is 16.4. The molecule has 1 aliphatic rings. The van der Waals surface area contributed by atoms with E-state index in [-0.39, 0.29) is 17.5 Å². The molecule has 122 valence electrons. The Balaban J connectivity index is 1.86. The SMILES string of the molecule is O=C(NCC1CCCO1)Nc1ccccc1OCC(F)(F)F. The Kier molecular flexibility index (Phi) is 5.48. The minimum Gasteiger partial charge on any atom is -0.482 e. The van der Waals surface area contributed by atoms with Gasteiger partial charge in [-0.05, 0) is 25.0 Å². The second-order valence-corrected chi connectivity index (χ2v) is 4.87. The number of ether oxygens (including phenoxy) is 2. The van der Waals surface area contributed by atoms with E-state index in [0.717, 1.165) is 12.8 Å². The summed E-state index contributed by atoms with van der Waals surface area (Å²) in [6, 6.07) is 5.44. The maximum Gasteiger partial charge on any atom is 0.422 e. The van der Waals surface area contributed by atoms with Gasteiger partial charge in [-0.2, -0.15) is 13.2 Å². The van der Waals surface area contributed by atoms with Gasteiger partial charge in [0, 0.05) is 13.2 Å². The van der Waals surface area contributed by atoms with Gasteiger partial charge in [-0.15, -0.1) is 0 Å². The Bertz CT molecular complexity index is 502. The number of carbonyl (C=O) groups is 1. The highest BCUT2D eigenvalue weighted by Gasteiger charge is 2.28. The molecule has 2 rings (SSSR count). The number of halogens is 3. The van der Waals surface area contributed by atoms with E-state index in [0.29, 0.717) is 13.2 Å². The van der Waals surface area contributed by atoms with E-state index in [4.69, 9.17) is 4.74 Å². The lowest BCUT2D eigenvalue weighted by molar-refractivity contribution is -0.153. The fraction of sp³-hybridized carbons (Fsp3) is 0.500. The third-order valence-corrected chi connectivity index (χ3v) is 3.04. The Morgan fingerprint density at radius 1 is 1.36 bits per heavy atom. The molecule has 1 heterocycles. The summed E-state index contributed by atoms with van der Waals surface area (Å²) in [5.41, 5.74) is 0.177. The van der Waals surface area contributed by atoms with Crippen LogP contribution in [0.2, 0.25) is 0 Å². The maximum absolute atomic E-state index is 12.2. The van der Waals surface area contributed by atoms with Gasteiger partial charge in [0.1, 0.15) is 5.75 Å². The van der Waals surface area contributed by atoms with Gasteiger partial charge in [0.2, 0.25) is 0 Å². The molecule has 1 aliphatic heterocycles. The van der Waals surface area contributed by atoms with Crippen LogP contribution >= 0.6 is 0 Å². The van der Waals surface area contributed by atoms with Crippen LogP contribution in [-0.4, -0.2) is 38.1 Å². The minimum atomic E-state index is -4.44. The number of hydrogen-bond donors (Lipinski definition) is 2. The highest BCUT2D eigenvalue weighted by Crippen LogP contribution is 2.26. The van der Waals surface area contributed by atoms with Gasteiger partial charge in [0.25, 0.3) is 0 Å². The summed E-state index contributed by atoms with van der Waals surface area (Å²) in [5.74, 6) is -0.0351. The van der Waals surface area contributed by atoms with Gasteiger partial charge < -0.3 is 20.1 Å². The Morgan fingerprint density at radius 3 is 2.82 bits per heavy atom. The lowest BCUT2D eigenvalue weighted by Gasteiger charge is -2.15. The van der Waals surface area contributed by atoms with Crippen LogP contribution in [0, 0.1) is 0 Å². The lowest BCUT2D eigenvalue weighted by atomic mass is 10.2. The van der Waals surface area contributed by atoms with E-state index in [1.807, 2.05) is 0 Å². The monoisotopic (exact) mass is 318 g/mol. The van der Waals surface area contributed by atoms with Crippen molar-refractivity contribution in [2.75, 3.05) is 25.1 Å². The number of benzene rings is 1. The molecule has 0 saturated carbocycles. The van der Waals surface area contributed by atoms with Gasteiger partial charge in [-0.25, -0.2) is 4.79 Å². The second-order valence-electron chi connectivity index (χ2n) is 4.87. The van der Waals surface area contributed by atoms with Crippen LogP contribution in [0.25, 0.3) is 0 Å². The molecule has 8 heteroatoms. The summed E-state index contributed by atoms with van der Waals surface area (Å²) >= 11 is 0. The Morgan fingerprint density at radius 2 is 2.14 bits per heavy atom. The van der Waals surface area contributed by atoms with Crippen LogP contribution < -0.4 is 15.4 Å². The zero-order valence-corrected chi connectivity index (χ0v) is 11.8. The fourth-order valence-corrected chi connectivity index (χ4v) is 2.03. The van der Waals surface area contributed by atoms with E-state index < -0.39 is 18.8 Å². The molecule has 1 saturated heterocycles. The van der Waals surface area contributed by atoms with E-state index in [1.54, 1.807) is 6.07 Å². The molecule has 2 amide bonds. The van der Waals surface area contributed by atoms with Crippen molar-refractivity contribution < 1.29 is 27.4 Å². The van der Waals surface area contributed by atoms with Gasteiger partial charge in [-0.3, -0.25) is 0 Å². The number of hydrogen-bond acceptors (Lipinski definition) is 3. The van der Waals surface area contributed by atoms with Crippen LogP contribution in [-0.2, 0) is 4.74 Å². The van der Waals surface area contributed by atoms with E-state index in [2.05, 4.69) is 15.4 Å². The molecule has 0 aromatic heterocycles. The highest BCUT2D eigenvalue weighted by atomic mass is 19.4. The standard InChI is InChI=1S/C14H17F3N2O3/c15-14(16,17)9-22-12-6-2-1-5-11(12)19-13(20)18-8-10-4-3-7-21-10/h1-2,5-6,10H,3-4,7-9H2,(H2,18,19,20). The molecule has 22 heavy (non-hydrogen) atoms. The zero-order valence-electron chi connectivity index (χ0n) is 11.8. The first-order chi connectivity index (χ1) is 10.4. The average molecular weight is 318 g/mol. The first-order valence-electron chi connectivity index (χ1n) is 6.89. The molecule has 5 nitrogen and oxygen atoms in total. The molecule has 1 fully saturated rings. The van der Waals surface area contributed by atoms with Crippen molar-refractivity contribution in [1.29, 1.82) is 0 Å². The molecular weight excluding hydrogens is 301 g/mol. The third kappa shape index (κ3) is 5.44. The average Bonchev–Trinajstić information content (AvgIpc) is 2.97. The molecule has 0 radical (unpaired) electrons. The smallest absolute Gasteiger partial charge is 0.422 e. The van der Waals surface area contributed by atoms with Gasteiger partial charge in [0.15, 0.2) is 6.61 Å². The molecule has 2 N–H and O–H groups in total. The number of para-hydroxylation sites is 2. The third-order valence-electron chi connectivity index (χ3n) is 3.04. The maximum atomic E-state index is 12.2. The number of alkyl halides is 3. The molecule has 0 spiro atoms. The van der Waals surface area contributed by atoms with Crippen molar-refractivity contribution in [2.24, 2.45) is 0 Å². The number of anilines is 1. The van der Waals surface area contributed by atoms with Crippen molar-refractivity contribution in [3.05, 3.63) is 24.3 Å². The topological polar surface area (TPSA) is 59.6 Å². The number of urea groups is 1. The molecule has 1 aromatic rings. The van der Waals surface area contributed by atoms with Gasteiger partial charge in [-0.1, -0.05) is 12.1 Å². The number of nitrogens with one attached hydrogen (secondary N) is 2. The molecule has 1 aromatic carbocycles. The minimum absolute atomic E-state index is 0.0116. The number of carbonyl (C=O) groups excluding carboxylic acids is 1. The van der Waals surface area contributed by atoms with Crippen LogP contribution in [0.5, 0.6) is 5.75 Å². The molecule has 0 aliphatic carbocycles. The summed E-state index contributed by atoms with van der Waals surface area (Å²) in [6.07, 6.45) is -2.61.